The number of hydrogen-bond acceptors (Lipinski definition) is 2. The van der Waals surface area contributed by atoms with E-state index in [9.17, 15) is 0 Å². The molecule has 0 N–H and O–H groups in total. The molecule has 1 aromatic heterocycles. The zero-order valence-electron chi connectivity index (χ0n) is 4.03. The van der Waals surface area contributed by atoms with E-state index in [1.54, 1.807) is 0 Å². The third kappa shape index (κ3) is 1.69. The van der Waals surface area contributed by atoms with Crippen LogP contribution in [0.25, 0.3) is 0 Å². The molecule has 1 aromatic rings. The molecule has 0 nitrogen and oxygen atoms in total. The van der Waals surface area contributed by atoms with Crippen molar-refractivity contribution in [1.29, 1.82) is 0 Å². The average Bonchev–Trinajstić information content (AvgIpc) is 2.15. The summed E-state index contributed by atoms with van der Waals surface area (Å²) in [5.41, 5.74) is 0. The molecule has 0 radical (unpaired) electrons. The fraction of sp³-hybridized carbons (Fsp3) is 0. The Balaban J connectivity index is 3.04. The molecule has 50 valence electrons. The molecule has 0 aliphatic heterocycles. The monoisotopic (exact) mass is 218 g/mol. The van der Waals surface area contributed by atoms with Gasteiger partial charge in [-0.25, -0.2) is 0 Å². The SMILES string of the molecule is ClSc1csc(Cl)c1Cl. The first kappa shape index (κ1) is 8.02. The zero-order valence-corrected chi connectivity index (χ0v) is 7.93. The zero-order chi connectivity index (χ0) is 6.85. The lowest BCUT2D eigenvalue weighted by atomic mass is 10.7. The summed E-state index contributed by atoms with van der Waals surface area (Å²) in [6.45, 7) is 0. The van der Waals surface area contributed by atoms with Crippen molar-refractivity contribution in [1.82, 2.24) is 0 Å². The van der Waals surface area contributed by atoms with Gasteiger partial charge >= 0.3 is 0 Å². The molecule has 0 unspecified atom stereocenters. The van der Waals surface area contributed by atoms with E-state index in [0.29, 0.717) is 9.36 Å². The van der Waals surface area contributed by atoms with Gasteiger partial charge in [0.2, 0.25) is 0 Å². The fourth-order valence-corrected chi connectivity index (χ4v) is 2.76. The molecule has 0 spiro atoms. The second-order valence-corrected chi connectivity index (χ2v) is 4.18. The lowest BCUT2D eigenvalue weighted by molar-refractivity contribution is 1.61. The van der Waals surface area contributed by atoms with E-state index in [-0.39, 0.29) is 0 Å². The van der Waals surface area contributed by atoms with Gasteiger partial charge in [0.1, 0.15) is 4.34 Å². The van der Waals surface area contributed by atoms with Gasteiger partial charge in [-0.1, -0.05) is 23.2 Å². The smallest absolute Gasteiger partial charge is 0.113 e. The molecule has 0 aliphatic carbocycles. The minimum atomic E-state index is 0.557. The second kappa shape index (κ2) is 3.35. The lowest BCUT2D eigenvalue weighted by Gasteiger charge is -1.85. The van der Waals surface area contributed by atoms with E-state index in [2.05, 4.69) is 0 Å². The van der Waals surface area contributed by atoms with Gasteiger partial charge in [0.05, 0.1) is 9.92 Å². The lowest BCUT2D eigenvalue weighted by Crippen LogP contribution is -1.55. The van der Waals surface area contributed by atoms with Crippen LogP contribution < -0.4 is 0 Å². The van der Waals surface area contributed by atoms with Crippen LogP contribution in [0.1, 0.15) is 0 Å². The van der Waals surface area contributed by atoms with Crippen LogP contribution in [-0.4, -0.2) is 0 Å². The predicted octanol–water partition coefficient (Wildman–Crippen LogP) is 4.30. The summed E-state index contributed by atoms with van der Waals surface area (Å²) in [5, 5.41) is 2.38. The Morgan fingerprint density at radius 2 is 2.11 bits per heavy atom. The maximum absolute atomic E-state index is 5.68. The number of thiophene rings is 1. The highest BCUT2D eigenvalue weighted by molar-refractivity contribution is 8.21. The topological polar surface area (TPSA) is 0 Å². The quantitative estimate of drug-likeness (QED) is 0.679. The first-order valence-corrected chi connectivity index (χ1v) is 5.24. The summed E-state index contributed by atoms with van der Waals surface area (Å²) in [6, 6.07) is 0. The van der Waals surface area contributed by atoms with Crippen LogP contribution >= 0.6 is 56.2 Å². The molecular weight excluding hydrogens is 219 g/mol. The van der Waals surface area contributed by atoms with Crippen LogP contribution in [0.2, 0.25) is 9.36 Å². The first-order chi connectivity index (χ1) is 4.25. The predicted molar refractivity (Wildman–Crippen MR) is 46.0 cm³/mol. The molecule has 5 heteroatoms. The summed E-state index contributed by atoms with van der Waals surface area (Å²) in [4.78, 5) is 0.827. The van der Waals surface area contributed by atoms with Gasteiger partial charge in [-0.05, 0) is 21.7 Å². The van der Waals surface area contributed by atoms with E-state index < -0.39 is 0 Å². The average molecular weight is 220 g/mol. The highest BCUT2D eigenvalue weighted by Gasteiger charge is 2.05. The van der Waals surface area contributed by atoms with Crippen molar-refractivity contribution in [3.8, 4) is 0 Å². The summed E-state index contributed by atoms with van der Waals surface area (Å²) in [6.07, 6.45) is 0. The highest BCUT2D eigenvalue weighted by atomic mass is 35.7. The molecule has 0 amide bonds. The molecule has 0 fully saturated rings. The van der Waals surface area contributed by atoms with Crippen LogP contribution in [0.4, 0.5) is 0 Å². The van der Waals surface area contributed by atoms with Crippen molar-refractivity contribution in [2.75, 3.05) is 0 Å². The third-order valence-electron chi connectivity index (χ3n) is 0.741. The van der Waals surface area contributed by atoms with Crippen molar-refractivity contribution < 1.29 is 0 Å². The molecule has 0 aromatic carbocycles. The van der Waals surface area contributed by atoms with Gasteiger partial charge in [-0.15, -0.1) is 11.3 Å². The molecule has 1 rings (SSSR count). The molecule has 0 bridgehead atoms. The molecule has 0 aliphatic rings. The van der Waals surface area contributed by atoms with Crippen molar-refractivity contribution >= 4 is 56.2 Å². The van der Waals surface area contributed by atoms with Gasteiger partial charge in [-0.2, -0.15) is 0 Å². The normalized spacial score (nSPS) is 10.1. The Labute approximate surface area is 75.6 Å². The molecule has 9 heavy (non-hydrogen) atoms. The van der Waals surface area contributed by atoms with E-state index >= 15 is 0 Å². The number of rotatable bonds is 1. The minimum Gasteiger partial charge on any atom is -0.129 e. The standard InChI is InChI=1S/C4HCl3S2/c5-3-2(9-7)1-8-4(3)6/h1H. The van der Waals surface area contributed by atoms with Crippen LogP contribution in [0.5, 0.6) is 0 Å². The number of halogens is 3. The van der Waals surface area contributed by atoms with E-state index in [4.69, 9.17) is 33.9 Å². The van der Waals surface area contributed by atoms with Crippen LogP contribution in [0.15, 0.2) is 10.3 Å². The van der Waals surface area contributed by atoms with Crippen LogP contribution in [0, 0.1) is 0 Å². The molecule has 0 atom stereocenters. The van der Waals surface area contributed by atoms with Gasteiger partial charge in [0.15, 0.2) is 0 Å². The molecule has 0 saturated carbocycles. The van der Waals surface area contributed by atoms with Crippen molar-refractivity contribution in [3.63, 3.8) is 0 Å². The maximum atomic E-state index is 5.68. The van der Waals surface area contributed by atoms with Crippen molar-refractivity contribution in [2.45, 2.75) is 4.90 Å². The van der Waals surface area contributed by atoms with Gasteiger partial charge in [0.25, 0.3) is 0 Å². The minimum absolute atomic E-state index is 0.557. The summed E-state index contributed by atoms with van der Waals surface area (Å²) in [5.74, 6) is 0. The Kier molecular flexibility index (Phi) is 2.99. The summed E-state index contributed by atoms with van der Waals surface area (Å²) < 4.78 is 0.597. The highest BCUT2D eigenvalue weighted by Crippen LogP contribution is 2.39. The maximum Gasteiger partial charge on any atom is 0.113 e. The van der Waals surface area contributed by atoms with Crippen LogP contribution in [0.3, 0.4) is 0 Å². The largest absolute Gasteiger partial charge is 0.129 e. The van der Waals surface area contributed by atoms with Gasteiger partial charge < -0.3 is 0 Å². The third-order valence-corrected chi connectivity index (χ3v) is 3.81. The van der Waals surface area contributed by atoms with Crippen LogP contribution in [-0.2, 0) is 0 Å². The van der Waals surface area contributed by atoms with Crippen molar-refractivity contribution in [2.24, 2.45) is 0 Å². The van der Waals surface area contributed by atoms with Gasteiger partial charge in [-0.3, -0.25) is 0 Å². The number of hydrogen-bond donors (Lipinski definition) is 0. The molecule has 1 heterocycles. The van der Waals surface area contributed by atoms with E-state index in [0.717, 1.165) is 15.9 Å². The Bertz CT molecular complexity index is 208. The molecule has 0 saturated heterocycles. The Hall–Kier alpha value is 0.920. The fourth-order valence-electron chi connectivity index (χ4n) is 0.358. The Morgan fingerprint density at radius 3 is 2.33 bits per heavy atom. The van der Waals surface area contributed by atoms with E-state index in [1.807, 2.05) is 5.38 Å². The van der Waals surface area contributed by atoms with Gasteiger partial charge in [0, 0.05) is 5.38 Å². The summed E-state index contributed by atoms with van der Waals surface area (Å²) in [7, 11) is 6.51. The first-order valence-electron chi connectivity index (χ1n) is 1.96. The van der Waals surface area contributed by atoms with Crippen molar-refractivity contribution in [3.05, 3.63) is 14.7 Å². The second-order valence-electron chi connectivity index (χ2n) is 1.26. The Morgan fingerprint density at radius 1 is 1.44 bits per heavy atom. The molecular formula is C4HCl3S2. The summed E-state index contributed by atoms with van der Waals surface area (Å²) >= 11 is 12.7. The van der Waals surface area contributed by atoms with E-state index in [1.165, 1.54) is 11.3 Å².